The number of ether oxygens (including phenoxy) is 1. The second-order valence-corrected chi connectivity index (χ2v) is 14.0. The van der Waals surface area contributed by atoms with Crippen LogP contribution in [0.25, 0.3) is 0 Å². The fourth-order valence-electron chi connectivity index (χ4n) is 5.53. The summed E-state index contributed by atoms with van der Waals surface area (Å²) in [5.74, 6) is -0.932. The molecular weight excluding hydrogens is 695 g/mol. The number of benzene rings is 5. The van der Waals surface area contributed by atoms with E-state index in [2.05, 4.69) is 10.6 Å². The number of nitrogens with one attached hydrogen (secondary N) is 3. The fourth-order valence-corrected chi connectivity index (χ4v) is 6.57. The molecule has 0 saturated heterocycles. The van der Waals surface area contributed by atoms with Crippen molar-refractivity contribution < 1.29 is 27.7 Å². The Balaban J connectivity index is 1.28. The topological polar surface area (TPSA) is 183 Å². The van der Waals surface area contributed by atoms with Gasteiger partial charge in [-0.15, -0.1) is 0 Å². The largest absolute Gasteiger partial charge is 0.489 e. The lowest BCUT2D eigenvalue weighted by Crippen LogP contribution is -2.49. The van der Waals surface area contributed by atoms with Gasteiger partial charge in [-0.2, -0.15) is 0 Å². The summed E-state index contributed by atoms with van der Waals surface area (Å²) in [6.07, 6.45) is 1.32. The van der Waals surface area contributed by atoms with E-state index >= 15 is 0 Å². The van der Waals surface area contributed by atoms with Gasteiger partial charge in [-0.1, -0.05) is 97.1 Å². The van der Waals surface area contributed by atoms with E-state index in [1.54, 1.807) is 48.5 Å². The lowest BCUT2D eigenvalue weighted by atomic mass is 10.0. The van der Waals surface area contributed by atoms with E-state index in [4.69, 9.17) is 10.5 Å². The number of rotatable bonds is 18. The molecule has 274 valence electrons. The molecule has 0 aliphatic heterocycles. The van der Waals surface area contributed by atoms with Crippen molar-refractivity contribution in [3.63, 3.8) is 0 Å². The molecule has 1 atom stereocenters. The van der Waals surface area contributed by atoms with E-state index < -0.39 is 43.4 Å². The Hall–Kier alpha value is -6.05. The summed E-state index contributed by atoms with van der Waals surface area (Å²) in [7, 11) is -4.59. The Labute approximate surface area is 308 Å². The lowest BCUT2D eigenvalue weighted by molar-refractivity contribution is -0.384. The summed E-state index contributed by atoms with van der Waals surface area (Å²) < 4.78 is 34.8. The molecule has 5 N–H and O–H groups in total. The van der Waals surface area contributed by atoms with Gasteiger partial charge in [-0.3, -0.25) is 19.7 Å². The maximum atomic E-state index is 13.6. The van der Waals surface area contributed by atoms with E-state index in [1.165, 1.54) is 12.1 Å². The van der Waals surface area contributed by atoms with Gasteiger partial charge in [0.2, 0.25) is 5.91 Å². The van der Waals surface area contributed by atoms with Gasteiger partial charge in [0.25, 0.3) is 21.6 Å². The lowest BCUT2D eigenvalue weighted by Gasteiger charge is -2.19. The first-order chi connectivity index (χ1) is 25.6. The Morgan fingerprint density at radius 2 is 1.40 bits per heavy atom. The summed E-state index contributed by atoms with van der Waals surface area (Å²) in [5, 5.41) is 17.6. The molecule has 5 aromatic rings. The normalized spacial score (nSPS) is 11.6. The molecule has 12 nitrogen and oxygen atoms in total. The molecule has 2 amide bonds. The highest BCUT2D eigenvalue weighted by Crippen LogP contribution is 2.28. The summed E-state index contributed by atoms with van der Waals surface area (Å²) >= 11 is 0. The maximum Gasteiger partial charge on any atom is 0.293 e. The number of aryl methyl sites for hydroxylation is 1. The van der Waals surface area contributed by atoms with Gasteiger partial charge in [0.15, 0.2) is 0 Å². The number of carbonyl (C=O) groups is 2. The van der Waals surface area contributed by atoms with Crippen molar-refractivity contribution in [3.05, 3.63) is 165 Å². The number of nitro groups is 1. The average Bonchev–Trinajstić information content (AvgIpc) is 3.17. The molecule has 5 rings (SSSR count). The van der Waals surface area contributed by atoms with Crippen LogP contribution in [0.15, 0.2) is 132 Å². The Morgan fingerprint density at radius 3 is 2.04 bits per heavy atom. The van der Waals surface area contributed by atoms with Crippen LogP contribution in [0.1, 0.15) is 34.2 Å². The third kappa shape index (κ3) is 11.5. The first kappa shape index (κ1) is 38.2. The highest BCUT2D eigenvalue weighted by Gasteiger charge is 2.28. The van der Waals surface area contributed by atoms with Gasteiger partial charge in [-0.05, 0) is 64.9 Å². The van der Waals surface area contributed by atoms with Crippen LogP contribution in [-0.2, 0) is 52.0 Å². The summed E-state index contributed by atoms with van der Waals surface area (Å²) in [6, 6.07) is 35.5. The molecule has 0 aliphatic carbocycles. The van der Waals surface area contributed by atoms with Crippen LogP contribution in [0.3, 0.4) is 0 Å². The van der Waals surface area contributed by atoms with Crippen molar-refractivity contribution >= 4 is 33.2 Å². The minimum absolute atomic E-state index is 0.0514. The van der Waals surface area contributed by atoms with E-state index in [0.717, 1.165) is 29.2 Å². The molecule has 5 aromatic carbocycles. The first-order valence-corrected chi connectivity index (χ1v) is 18.5. The third-order valence-electron chi connectivity index (χ3n) is 8.40. The molecule has 0 bridgehead atoms. The summed E-state index contributed by atoms with van der Waals surface area (Å²) in [5.41, 5.74) is 9.67. The van der Waals surface area contributed by atoms with Crippen molar-refractivity contribution in [3.8, 4) is 5.75 Å². The monoisotopic (exact) mass is 735 g/mol. The number of amides is 2. The number of hydrogen-bond acceptors (Lipinski definition) is 9. The average molecular weight is 736 g/mol. The smallest absolute Gasteiger partial charge is 0.293 e. The molecule has 0 spiro atoms. The molecule has 0 aromatic heterocycles. The number of anilines is 1. The van der Waals surface area contributed by atoms with E-state index in [9.17, 15) is 28.1 Å². The van der Waals surface area contributed by atoms with Gasteiger partial charge in [0, 0.05) is 25.6 Å². The Bertz CT molecular complexity index is 2100. The van der Waals surface area contributed by atoms with Crippen LogP contribution in [0.5, 0.6) is 5.75 Å². The fraction of sp³-hybridized carbons (Fsp3) is 0.200. The zero-order valence-corrected chi connectivity index (χ0v) is 29.8. The number of sulfonamides is 1. The predicted octanol–water partition coefficient (Wildman–Crippen LogP) is 5.45. The number of nitrogens with zero attached hydrogens (tertiary/aromatic N) is 1. The minimum Gasteiger partial charge on any atom is -0.489 e. The standard InChI is InChI=1S/C40H41N5O7S/c41-27-32-15-13-31(14-16-32)25-39(46)43-37(24-30-17-19-34(20-18-30)52-28-33-10-5-2-6-11-33)40(47)44-53(50,51)35-21-22-36(38(26-35)45(48)49)42-23-7-12-29-8-3-1-4-9-29/h1-6,8-11,13-22,26,37,42H,7,12,23-25,27-28,41H2,(H,43,46)(H,44,47). The van der Waals surface area contributed by atoms with Crippen LogP contribution in [-0.4, -0.2) is 37.7 Å². The third-order valence-corrected chi connectivity index (χ3v) is 9.74. The Morgan fingerprint density at radius 1 is 0.774 bits per heavy atom. The van der Waals surface area contributed by atoms with Crippen LogP contribution < -0.4 is 25.8 Å². The molecule has 0 fully saturated rings. The van der Waals surface area contributed by atoms with Gasteiger partial charge < -0.3 is 21.1 Å². The predicted molar refractivity (Wildman–Crippen MR) is 203 cm³/mol. The molecule has 0 saturated carbocycles. The molecule has 1 unspecified atom stereocenters. The molecule has 13 heteroatoms. The van der Waals surface area contributed by atoms with Crippen molar-refractivity contribution in [2.45, 2.75) is 49.8 Å². The van der Waals surface area contributed by atoms with Crippen LogP contribution in [0, 0.1) is 10.1 Å². The number of nitrogens with two attached hydrogens (primary N) is 1. The van der Waals surface area contributed by atoms with Crippen molar-refractivity contribution in [2.75, 3.05) is 11.9 Å². The number of hydrogen-bond donors (Lipinski definition) is 4. The number of carbonyl (C=O) groups excluding carboxylic acids is 2. The van der Waals surface area contributed by atoms with Gasteiger partial charge in [-0.25, -0.2) is 13.1 Å². The second kappa shape index (κ2) is 18.4. The zero-order valence-electron chi connectivity index (χ0n) is 28.9. The zero-order chi connectivity index (χ0) is 37.6. The van der Waals surface area contributed by atoms with Gasteiger partial charge in [0.05, 0.1) is 16.2 Å². The van der Waals surface area contributed by atoms with Crippen LogP contribution >= 0.6 is 0 Å². The SMILES string of the molecule is NCc1ccc(CC(=O)NC(Cc2ccc(OCc3ccccc3)cc2)C(=O)NS(=O)(=O)c2ccc(NCCCc3ccccc3)c([N+](=O)[O-])c2)cc1. The van der Waals surface area contributed by atoms with Crippen molar-refractivity contribution in [1.82, 2.24) is 10.0 Å². The first-order valence-electron chi connectivity index (χ1n) is 17.1. The van der Waals surface area contributed by atoms with Gasteiger partial charge in [0.1, 0.15) is 24.1 Å². The molecule has 53 heavy (non-hydrogen) atoms. The van der Waals surface area contributed by atoms with Crippen LogP contribution in [0.2, 0.25) is 0 Å². The summed E-state index contributed by atoms with van der Waals surface area (Å²) in [4.78, 5) is 37.6. The molecule has 0 heterocycles. The molecule has 0 radical (unpaired) electrons. The van der Waals surface area contributed by atoms with Crippen molar-refractivity contribution in [1.29, 1.82) is 0 Å². The van der Waals surface area contributed by atoms with E-state index in [-0.39, 0.29) is 18.5 Å². The van der Waals surface area contributed by atoms with E-state index in [0.29, 0.717) is 43.0 Å². The Kier molecular flexibility index (Phi) is 13.3. The minimum atomic E-state index is -4.59. The highest BCUT2D eigenvalue weighted by molar-refractivity contribution is 7.90. The van der Waals surface area contributed by atoms with Crippen LogP contribution in [0.4, 0.5) is 11.4 Å². The maximum absolute atomic E-state index is 13.6. The second-order valence-electron chi connectivity index (χ2n) is 12.4. The number of nitro benzene ring substituents is 1. The van der Waals surface area contributed by atoms with Gasteiger partial charge >= 0.3 is 0 Å². The molecular formula is C40H41N5O7S. The van der Waals surface area contributed by atoms with Crippen molar-refractivity contribution in [2.24, 2.45) is 5.73 Å². The highest BCUT2D eigenvalue weighted by atomic mass is 32.2. The quantitative estimate of drug-likeness (QED) is 0.0517. The summed E-state index contributed by atoms with van der Waals surface area (Å²) in [6.45, 7) is 1.11. The van der Waals surface area contributed by atoms with E-state index in [1.807, 2.05) is 65.4 Å². The molecule has 0 aliphatic rings.